The maximum absolute atomic E-state index is 13.5. The number of benzene rings is 1. The third-order valence-corrected chi connectivity index (χ3v) is 7.25. The molecule has 0 aliphatic carbocycles. The molecule has 12 heteroatoms. The van der Waals surface area contributed by atoms with Crippen LogP contribution in [0.15, 0.2) is 49.7 Å². The number of sulfonamides is 1. The molecule has 1 N–H and O–H groups in total. The average molecular weight is 462 g/mol. The summed E-state index contributed by atoms with van der Waals surface area (Å²) in [6, 6.07) is 6.73. The van der Waals surface area contributed by atoms with Crippen molar-refractivity contribution in [2.45, 2.75) is 30.4 Å². The molecule has 0 bridgehead atoms. The molecule has 0 saturated carbocycles. The maximum atomic E-state index is 13.5. The standard InChI is InChI=1S/C20H23N5O6S/c1-23-11-16(19(27)24(2)20(23)28)32(29,30)25(10-13-6-5-9-31-13)12-17-21-15-8-4-3-7-14(15)18(26)22-17/h3-4,7-8,11,13H,5-6,9-10,12H2,1-2H3,(H,21,22,26)/t13-/m0/s1. The highest BCUT2D eigenvalue weighted by Gasteiger charge is 2.33. The van der Waals surface area contributed by atoms with Crippen molar-refractivity contribution in [1.29, 1.82) is 0 Å². The largest absolute Gasteiger partial charge is 0.377 e. The fourth-order valence-electron chi connectivity index (χ4n) is 3.73. The van der Waals surface area contributed by atoms with Crippen molar-refractivity contribution in [3.63, 3.8) is 0 Å². The topological polar surface area (TPSA) is 136 Å². The van der Waals surface area contributed by atoms with Gasteiger partial charge < -0.3 is 14.3 Å². The van der Waals surface area contributed by atoms with Crippen molar-refractivity contribution >= 4 is 20.9 Å². The number of aromatic amines is 1. The highest BCUT2D eigenvalue weighted by molar-refractivity contribution is 7.89. The molecule has 170 valence electrons. The van der Waals surface area contributed by atoms with E-state index in [9.17, 15) is 22.8 Å². The SMILES string of the molecule is Cn1cc(S(=O)(=O)N(Cc2nc3ccccc3c(=O)[nH]2)C[C@@H]2CCCO2)c(=O)n(C)c1=O. The first kappa shape index (κ1) is 22.1. The van der Waals surface area contributed by atoms with Gasteiger partial charge in [-0.1, -0.05) is 12.1 Å². The lowest BCUT2D eigenvalue weighted by molar-refractivity contribution is 0.0921. The van der Waals surface area contributed by atoms with Crippen molar-refractivity contribution in [1.82, 2.24) is 23.4 Å². The zero-order valence-corrected chi connectivity index (χ0v) is 18.5. The number of aryl methyl sites for hydroxylation is 1. The predicted octanol–water partition coefficient (Wildman–Crippen LogP) is -0.310. The van der Waals surface area contributed by atoms with E-state index in [0.717, 1.165) is 26.1 Å². The molecule has 1 saturated heterocycles. The highest BCUT2D eigenvalue weighted by atomic mass is 32.2. The Bertz CT molecular complexity index is 1450. The molecule has 2 aromatic heterocycles. The Morgan fingerprint density at radius 2 is 1.97 bits per heavy atom. The lowest BCUT2D eigenvalue weighted by Gasteiger charge is -2.24. The molecule has 1 aromatic carbocycles. The van der Waals surface area contributed by atoms with Gasteiger partial charge in [-0.15, -0.1) is 0 Å². The van der Waals surface area contributed by atoms with E-state index in [4.69, 9.17) is 4.74 Å². The van der Waals surface area contributed by atoms with Crippen LogP contribution in [0.1, 0.15) is 18.7 Å². The number of hydrogen-bond donors (Lipinski definition) is 1. The molecule has 3 aromatic rings. The first-order chi connectivity index (χ1) is 15.2. The molecular formula is C20H23N5O6S. The number of nitrogens with one attached hydrogen (secondary N) is 1. The summed E-state index contributed by atoms with van der Waals surface area (Å²) in [4.78, 5) is 43.6. The second-order valence-corrected chi connectivity index (χ2v) is 9.62. The molecule has 4 rings (SSSR count). The van der Waals surface area contributed by atoms with Gasteiger partial charge in [0, 0.05) is 33.4 Å². The van der Waals surface area contributed by atoms with Crippen LogP contribution >= 0.6 is 0 Å². The molecular weight excluding hydrogens is 438 g/mol. The normalized spacial score (nSPS) is 16.8. The van der Waals surface area contributed by atoms with Gasteiger partial charge in [0.25, 0.3) is 21.1 Å². The minimum atomic E-state index is -4.35. The monoisotopic (exact) mass is 461 g/mol. The number of nitrogens with zero attached hydrogens (tertiary/aromatic N) is 4. The van der Waals surface area contributed by atoms with Crippen LogP contribution in [-0.2, 0) is 35.4 Å². The number of rotatable bonds is 6. The number of ether oxygens (including phenoxy) is 1. The molecule has 1 aliphatic heterocycles. The minimum absolute atomic E-state index is 0.0230. The Hall–Kier alpha value is -3.09. The van der Waals surface area contributed by atoms with Gasteiger partial charge in [0.15, 0.2) is 4.90 Å². The number of hydrogen-bond acceptors (Lipinski definition) is 7. The summed E-state index contributed by atoms with van der Waals surface area (Å²) in [5.41, 5.74) is -1.53. The molecule has 1 atom stereocenters. The summed E-state index contributed by atoms with van der Waals surface area (Å²) in [5.74, 6) is 0.136. The van der Waals surface area contributed by atoms with Crippen LogP contribution in [0.25, 0.3) is 10.9 Å². The fraction of sp³-hybridized carbons (Fsp3) is 0.400. The first-order valence-electron chi connectivity index (χ1n) is 10.0. The van der Waals surface area contributed by atoms with Crippen LogP contribution in [0.5, 0.6) is 0 Å². The highest BCUT2D eigenvalue weighted by Crippen LogP contribution is 2.20. The molecule has 3 heterocycles. The van der Waals surface area contributed by atoms with Gasteiger partial charge in [-0.25, -0.2) is 18.2 Å². The average Bonchev–Trinajstić information content (AvgIpc) is 3.27. The Labute approximate surface area is 183 Å². The van der Waals surface area contributed by atoms with Crippen LogP contribution in [0, 0.1) is 0 Å². The van der Waals surface area contributed by atoms with Crippen LogP contribution in [0.2, 0.25) is 0 Å². The van der Waals surface area contributed by atoms with Crippen LogP contribution in [0.4, 0.5) is 0 Å². The predicted molar refractivity (Wildman–Crippen MR) is 116 cm³/mol. The molecule has 0 spiro atoms. The number of para-hydroxylation sites is 1. The molecule has 0 unspecified atom stereocenters. The Morgan fingerprint density at radius 1 is 1.22 bits per heavy atom. The van der Waals surface area contributed by atoms with Gasteiger partial charge in [0.1, 0.15) is 5.82 Å². The summed E-state index contributed by atoms with van der Waals surface area (Å²) < 4.78 is 35.5. The van der Waals surface area contributed by atoms with E-state index < -0.39 is 31.7 Å². The minimum Gasteiger partial charge on any atom is -0.377 e. The second kappa shape index (κ2) is 8.45. The summed E-state index contributed by atoms with van der Waals surface area (Å²) in [6.45, 7) is 0.227. The number of fused-ring (bicyclic) bond motifs is 1. The summed E-state index contributed by atoms with van der Waals surface area (Å²) in [5, 5.41) is 0.386. The molecule has 0 amide bonds. The van der Waals surface area contributed by atoms with Gasteiger partial charge in [-0.3, -0.25) is 14.2 Å². The third kappa shape index (κ3) is 4.04. The molecule has 1 fully saturated rings. The Balaban J connectivity index is 1.80. The quantitative estimate of drug-likeness (QED) is 0.532. The van der Waals surface area contributed by atoms with E-state index in [0.29, 0.717) is 23.9 Å². The van der Waals surface area contributed by atoms with E-state index in [-0.39, 0.29) is 25.0 Å². The van der Waals surface area contributed by atoms with E-state index in [2.05, 4.69) is 9.97 Å². The van der Waals surface area contributed by atoms with Gasteiger partial charge >= 0.3 is 5.69 Å². The van der Waals surface area contributed by atoms with Crippen molar-refractivity contribution in [3.8, 4) is 0 Å². The molecule has 11 nitrogen and oxygen atoms in total. The molecule has 0 radical (unpaired) electrons. The summed E-state index contributed by atoms with van der Waals surface area (Å²) >= 11 is 0. The lowest BCUT2D eigenvalue weighted by Crippen LogP contribution is -2.44. The van der Waals surface area contributed by atoms with Crippen molar-refractivity contribution in [2.75, 3.05) is 13.2 Å². The summed E-state index contributed by atoms with van der Waals surface area (Å²) in [7, 11) is -1.76. The third-order valence-electron chi connectivity index (χ3n) is 5.45. The number of H-pyrrole nitrogens is 1. The zero-order chi connectivity index (χ0) is 23.0. The number of aromatic nitrogens is 4. The summed E-state index contributed by atoms with van der Waals surface area (Å²) in [6.07, 6.45) is 2.12. The fourth-order valence-corrected chi connectivity index (χ4v) is 5.31. The maximum Gasteiger partial charge on any atom is 0.330 e. The smallest absolute Gasteiger partial charge is 0.330 e. The van der Waals surface area contributed by atoms with Gasteiger partial charge in [0.2, 0.25) is 0 Å². The Morgan fingerprint density at radius 3 is 2.69 bits per heavy atom. The Kier molecular flexibility index (Phi) is 5.84. The van der Waals surface area contributed by atoms with E-state index >= 15 is 0 Å². The van der Waals surface area contributed by atoms with Crippen molar-refractivity contribution < 1.29 is 13.2 Å². The van der Waals surface area contributed by atoms with Crippen LogP contribution in [-0.4, -0.2) is 51.1 Å². The van der Waals surface area contributed by atoms with E-state index in [1.807, 2.05) is 0 Å². The molecule has 32 heavy (non-hydrogen) atoms. The van der Waals surface area contributed by atoms with Crippen molar-refractivity contribution in [2.24, 2.45) is 14.1 Å². The second-order valence-electron chi connectivity index (χ2n) is 7.71. The molecule has 1 aliphatic rings. The van der Waals surface area contributed by atoms with Gasteiger partial charge in [-0.05, 0) is 25.0 Å². The van der Waals surface area contributed by atoms with E-state index in [1.54, 1.807) is 24.3 Å². The van der Waals surface area contributed by atoms with Gasteiger partial charge in [-0.2, -0.15) is 4.31 Å². The van der Waals surface area contributed by atoms with E-state index in [1.165, 1.54) is 14.1 Å². The van der Waals surface area contributed by atoms with Gasteiger partial charge in [0.05, 0.1) is 23.6 Å². The van der Waals surface area contributed by atoms with Crippen molar-refractivity contribution in [3.05, 3.63) is 67.5 Å². The first-order valence-corrected chi connectivity index (χ1v) is 11.5. The van der Waals surface area contributed by atoms with Crippen LogP contribution in [0.3, 0.4) is 0 Å². The van der Waals surface area contributed by atoms with Crippen LogP contribution < -0.4 is 16.8 Å². The zero-order valence-electron chi connectivity index (χ0n) is 17.6. The lowest BCUT2D eigenvalue weighted by atomic mass is 10.2.